The Morgan fingerprint density at radius 1 is 1.53 bits per heavy atom. The maximum atomic E-state index is 11.6. The van der Waals surface area contributed by atoms with E-state index in [1.807, 2.05) is 0 Å². The molecule has 0 aromatic carbocycles. The molecule has 1 aliphatic heterocycles. The van der Waals surface area contributed by atoms with E-state index < -0.39 is 17.0 Å². The largest absolute Gasteiger partial charge is 0.377 e. The van der Waals surface area contributed by atoms with E-state index in [1.54, 1.807) is 18.4 Å². The van der Waals surface area contributed by atoms with Crippen LogP contribution in [0.25, 0.3) is 0 Å². The molecule has 0 bridgehead atoms. The summed E-state index contributed by atoms with van der Waals surface area (Å²) in [5.74, 6) is -0.328. The molecule has 0 amide bonds. The van der Waals surface area contributed by atoms with Gasteiger partial charge in [-0.3, -0.25) is 14.9 Å². The summed E-state index contributed by atoms with van der Waals surface area (Å²) < 4.78 is 0. The third-order valence-electron chi connectivity index (χ3n) is 2.35. The minimum absolute atomic E-state index is 0.0818. The van der Waals surface area contributed by atoms with E-state index in [-0.39, 0.29) is 10.8 Å². The summed E-state index contributed by atoms with van der Waals surface area (Å²) in [4.78, 5) is 21.9. The summed E-state index contributed by atoms with van der Waals surface area (Å²) in [5.41, 5.74) is 0.428. The number of nitro groups is 1. The summed E-state index contributed by atoms with van der Waals surface area (Å²) in [6.07, 6.45) is 5.95. The highest BCUT2D eigenvalue weighted by molar-refractivity contribution is 6.44. The molecular formula is C9H7ClN2O3. The van der Waals surface area contributed by atoms with E-state index >= 15 is 0 Å². The molecule has 0 aromatic rings. The number of carbonyl (C=O) groups is 1. The molecule has 0 radical (unpaired) electrons. The molecule has 2 atom stereocenters. The van der Waals surface area contributed by atoms with Gasteiger partial charge in [0.1, 0.15) is 6.04 Å². The molecule has 6 heteroatoms. The molecule has 0 saturated carbocycles. The average molecular weight is 227 g/mol. The van der Waals surface area contributed by atoms with Crippen molar-refractivity contribution in [2.45, 2.75) is 12.1 Å². The Balaban J connectivity index is 2.48. The number of fused-ring (bicyclic) bond motifs is 1. The fourth-order valence-electron chi connectivity index (χ4n) is 1.64. The Hall–Kier alpha value is -1.62. The van der Waals surface area contributed by atoms with Crippen molar-refractivity contribution in [3.63, 3.8) is 0 Å². The zero-order valence-electron chi connectivity index (χ0n) is 7.51. The first-order chi connectivity index (χ1) is 7.11. The van der Waals surface area contributed by atoms with Gasteiger partial charge in [-0.25, -0.2) is 0 Å². The van der Waals surface area contributed by atoms with Gasteiger partial charge >= 0.3 is 0 Å². The molecule has 0 spiro atoms. The summed E-state index contributed by atoms with van der Waals surface area (Å²) >= 11 is 5.64. The predicted octanol–water partition coefficient (Wildman–Crippen LogP) is 0.749. The molecule has 2 unspecified atom stereocenters. The summed E-state index contributed by atoms with van der Waals surface area (Å²) in [6, 6.07) is -1.71. The van der Waals surface area contributed by atoms with E-state index in [0.29, 0.717) is 5.57 Å². The smallest absolute Gasteiger partial charge is 0.256 e. The highest BCUT2D eigenvalue weighted by atomic mass is 35.5. The Morgan fingerprint density at radius 2 is 2.27 bits per heavy atom. The van der Waals surface area contributed by atoms with E-state index in [9.17, 15) is 14.9 Å². The van der Waals surface area contributed by atoms with Gasteiger partial charge in [-0.2, -0.15) is 0 Å². The van der Waals surface area contributed by atoms with Crippen LogP contribution >= 0.6 is 11.6 Å². The number of ketones is 1. The third kappa shape index (κ3) is 1.55. The third-order valence-corrected chi connectivity index (χ3v) is 2.66. The van der Waals surface area contributed by atoms with Gasteiger partial charge < -0.3 is 5.32 Å². The number of halogens is 1. The number of carbonyl (C=O) groups excluding carboxylic acids is 1. The lowest BCUT2D eigenvalue weighted by atomic mass is 9.89. The lowest BCUT2D eigenvalue weighted by Crippen LogP contribution is -2.45. The SMILES string of the molecule is O=C1C(Cl)=CC([N+](=O)[O-])C2=CC=CNC12. The van der Waals surface area contributed by atoms with Crippen LogP contribution in [-0.4, -0.2) is 22.8 Å². The molecule has 0 aromatic heterocycles. The number of dihydropyridines is 1. The second-order valence-corrected chi connectivity index (χ2v) is 3.64. The molecule has 15 heavy (non-hydrogen) atoms. The zero-order valence-corrected chi connectivity index (χ0v) is 8.27. The first kappa shape index (κ1) is 9.92. The molecule has 1 N–H and O–H groups in total. The maximum Gasteiger partial charge on any atom is 0.256 e. The number of hydrogen-bond donors (Lipinski definition) is 1. The number of Topliss-reactive ketones (excluding diaryl/α,β-unsaturated/α-hetero) is 1. The topological polar surface area (TPSA) is 72.2 Å². The van der Waals surface area contributed by atoms with Crippen molar-refractivity contribution in [2.24, 2.45) is 0 Å². The second kappa shape index (κ2) is 3.51. The summed E-state index contributed by atoms with van der Waals surface area (Å²) in [5, 5.41) is 13.4. The molecule has 0 saturated heterocycles. The van der Waals surface area contributed by atoms with Crippen LogP contribution in [0.3, 0.4) is 0 Å². The van der Waals surface area contributed by atoms with Gasteiger partial charge in [0.05, 0.1) is 5.03 Å². The van der Waals surface area contributed by atoms with Crippen LogP contribution in [0.2, 0.25) is 0 Å². The van der Waals surface area contributed by atoms with Crippen LogP contribution in [0.4, 0.5) is 0 Å². The zero-order chi connectivity index (χ0) is 11.0. The Kier molecular flexibility index (Phi) is 2.32. The molecule has 1 aliphatic carbocycles. The molecule has 78 valence electrons. The normalized spacial score (nSPS) is 28.7. The van der Waals surface area contributed by atoms with E-state index in [1.165, 1.54) is 6.08 Å². The molecule has 2 rings (SSSR count). The molecular weight excluding hydrogens is 220 g/mol. The van der Waals surface area contributed by atoms with Crippen molar-refractivity contribution in [1.82, 2.24) is 5.32 Å². The number of rotatable bonds is 1. The van der Waals surface area contributed by atoms with Crippen LogP contribution < -0.4 is 5.32 Å². The van der Waals surface area contributed by atoms with Crippen molar-refractivity contribution < 1.29 is 9.72 Å². The van der Waals surface area contributed by atoms with Gasteiger partial charge in [-0.05, 0) is 12.3 Å². The highest BCUT2D eigenvalue weighted by Crippen LogP contribution is 2.26. The van der Waals surface area contributed by atoms with Gasteiger partial charge in [0.15, 0.2) is 0 Å². The van der Waals surface area contributed by atoms with Crippen LogP contribution in [0.15, 0.2) is 35.0 Å². The van der Waals surface area contributed by atoms with Gasteiger partial charge in [0.25, 0.3) is 6.04 Å². The summed E-state index contributed by atoms with van der Waals surface area (Å²) in [6.45, 7) is 0. The Morgan fingerprint density at radius 3 is 2.93 bits per heavy atom. The first-order valence-corrected chi connectivity index (χ1v) is 4.67. The predicted molar refractivity (Wildman–Crippen MR) is 53.9 cm³/mol. The van der Waals surface area contributed by atoms with Crippen molar-refractivity contribution in [3.8, 4) is 0 Å². The Labute approximate surface area is 90.2 Å². The highest BCUT2D eigenvalue weighted by Gasteiger charge is 2.40. The van der Waals surface area contributed by atoms with Crippen LogP contribution in [-0.2, 0) is 4.79 Å². The first-order valence-electron chi connectivity index (χ1n) is 4.29. The van der Waals surface area contributed by atoms with Gasteiger partial charge in [-0.15, -0.1) is 0 Å². The summed E-state index contributed by atoms with van der Waals surface area (Å²) in [7, 11) is 0. The van der Waals surface area contributed by atoms with Crippen LogP contribution in [0.5, 0.6) is 0 Å². The van der Waals surface area contributed by atoms with Crippen LogP contribution in [0.1, 0.15) is 0 Å². The second-order valence-electron chi connectivity index (χ2n) is 3.23. The average Bonchev–Trinajstić information content (AvgIpc) is 2.23. The number of hydrogen-bond acceptors (Lipinski definition) is 4. The maximum absolute atomic E-state index is 11.6. The lowest BCUT2D eigenvalue weighted by molar-refractivity contribution is -0.500. The lowest BCUT2D eigenvalue weighted by Gasteiger charge is -2.26. The molecule has 5 nitrogen and oxygen atoms in total. The van der Waals surface area contributed by atoms with Gasteiger partial charge in [0.2, 0.25) is 5.78 Å². The molecule has 1 heterocycles. The fourth-order valence-corrected chi connectivity index (χ4v) is 1.87. The number of nitrogens with zero attached hydrogens (tertiary/aromatic N) is 1. The van der Waals surface area contributed by atoms with Crippen molar-refractivity contribution >= 4 is 17.4 Å². The minimum atomic E-state index is -1.02. The van der Waals surface area contributed by atoms with Crippen LogP contribution in [0, 0.1) is 10.1 Å². The monoisotopic (exact) mass is 226 g/mol. The van der Waals surface area contributed by atoms with Gasteiger partial charge in [-0.1, -0.05) is 17.7 Å². The van der Waals surface area contributed by atoms with Crippen molar-refractivity contribution in [3.05, 3.63) is 45.1 Å². The standard InChI is InChI=1S/C9H7ClN2O3/c10-6-4-7(12(14)15)5-2-1-3-11-8(5)9(6)13/h1-4,7-8,11H. The fraction of sp³-hybridized carbons (Fsp3) is 0.222. The van der Waals surface area contributed by atoms with Crippen molar-refractivity contribution in [1.29, 1.82) is 0 Å². The molecule has 0 fully saturated rings. The van der Waals surface area contributed by atoms with E-state index in [0.717, 1.165) is 0 Å². The minimum Gasteiger partial charge on any atom is -0.377 e. The quantitative estimate of drug-likeness (QED) is 0.529. The van der Waals surface area contributed by atoms with E-state index in [4.69, 9.17) is 11.6 Å². The molecule has 2 aliphatic rings. The van der Waals surface area contributed by atoms with Crippen molar-refractivity contribution in [2.75, 3.05) is 0 Å². The van der Waals surface area contributed by atoms with E-state index in [2.05, 4.69) is 5.32 Å². The number of allylic oxidation sites excluding steroid dienone is 2. The van der Waals surface area contributed by atoms with Gasteiger partial charge in [0, 0.05) is 16.6 Å². The Bertz CT molecular complexity index is 425. The number of nitrogens with one attached hydrogen (secondary N) is 1.